The number of fused-ring (bicyclic) bond motifs is 5. The number of aliphatic hydroxyl groups is 1. The predicted octanol–water partition coefficient (Wildman–Crippen LogP) is 4.77. The van der Waals surface area contributed by atoms with Crippen molar-refractivity contribution in [3.8, 4) is 29.5 Å². The molecule has 0 bridgehead atoms. The largest absolute Gasteiger partial charge is 0.459 e. The molecule has 0 saturated carbocycles. The van der Waals surface area contributed by atoms with Gasteiger partial charge in [-0.1, -0.05) is 32.8 Å². The van der Waals surface area contributed by atoms with Crippen molar-refractivity contribution >= 4 is 52.2 Å². The number of terminal acetylenes is 1. The summed E-state index contributed by atoms with van der Waals surface area (Å²) >= 11 is 0. The highest BCUT2D eigenvalue weighted by Gasteiger charge is 2.48. The molecule has 3 N–H and O–H groups in total. The number of benzene rings is 2. The number of aryl methyl sites for hydroxylation is 1. The smallest absolute Gasteiger partial charge is 0.407 e. The van der Waals surface area contributed by atoms with E-state index in [0.717, 1.165) is 0 Å². The molecule has 5 heterocycles. The lowest BCUT2D eigenvalue weighted by Gasteiger charge is -2.42. The van der Waals surface area contributed by atoms with Gasteiger partial charge in [-0.2, -0.15) is 0 Å². The maximum absolute atomic E-state index is 15.5. The fraction of sp³-hybridized carbons (Fsp3) is 0.462. The third-order valence-corrected chi connectivity index (χ3v) is 14.1. The molecule has 20 heteroatoms. The van der Waals surface area contributed by atoms with Gasteiger partial charge in [-0.3, -0.25) is 24.0 Å². The highest BCUT2D eigenvalue weighted by Crippen LogP contribution is 2.46. The van der Waals surface area contributed by atoms with E-state index in [1.165, 1.54) is 48.6 Å². The van der Waals surface area contributed by atoms with E-state index in [1.54, 1.807) is 32.9 Å². The number of rotatable bonds is 15. The third kappa shape index (κ3) is 9.63. The number of anilines is 1. The highest BCUT2D eigenvalue weighted by molar-refractivity contribution is 5.96. The van der Waals surface area contributed by atoms with Crippen molar-refractivity contribution in [2.24, 2.45) is 11.8 Å². The number of carbonyl (C=O) groups is 6. The minimum Gasteiger partial charge on any atom is -0.459 e. The average Bonchev–Trinajstić information content (AvgIpc) is 3.71. The van der Waals surface area contributed by atoms with Gasteiger partial charge < -0.3 is 53.6 Å². The summed E-state index contributed by atoms with van der Waals surface area (Å²) in [7, 11) is 1.44. The van der Waals surface area contributed by atoms with Crippen molar-refractivity contribution < 1.29 is 66.7 Å². The Morgan fingerprint density at radius 3 is 2.56 bits per heavy atom. The molecule has 2 aromatic carbocycles. The Hall–Kier alpha value is -7.21. The van der Waals surface area contributed by atoms with Crippen LogP contribution < -0.4 is 20.9 Å². The highest BCUT2D eigenvalue weighted by atomic mass is 19.1. The van der Waals surface area contributed by atoms with E-state index in [9.17, 15) is 38.7 Å². The molecule has 2 aromatic heterocycles. The van der Waals surface area contributed by atoms with Crippen LogP contribution in [0.25, 0.3) is 22.3 Å². The number of pyridine rings is 2. The van der Waals surface area contributed by atoms with Crippen molar-refractivity contribution in [3.05, 3.63) is 85.4 Å². The third-order valence-electron chi connectivity index (χ3n) is 14.1. The number of carbonyl (C=O) groups excluding carboxylic acids is 6. The first kappa shape index (κ1) is 51.2. The maximum atomic E-state index is 15.5. The average molecular weight is 994 g/mol. The van der Waals surface area contributed by atoms with Crippen LogP contribution in [0.1, 0.15) is 98.9 Å². The Balaban J connectivity index is 1.07. The first-order valence-electron chi connectivity index (χ1n) is 23.7. The fourth-order valence-electron chi connectivity index (χ4n) is 10.1. The Kier molecular flexibility index (Phi) is 14.6. The van der Waals surface area contributed by atoms with Crippen molar-refractivity contribution in [2.45, 2.75) is 117 Å². The lowest BCUT2D eigenvalue weighted by atomic mass is 9.81. The number of alkyl carbamates (subject to hydrolysis) is 1. The number of hydrogen-bond acceptors (Lipinski definition) is 15. The van der Waals surface area contributed by atoms with E-state index in [0.29, 0.717) is 62.9 Å². The molecular formula is C52H56FN5O14. The number of Topliss-reactive ketones (excluding diaryl/α,β-unsaturated/α-hetero) is 1. The molecule has 0 spiro atoms. The van der Waals surface area contributed by atoms with Crippen LogP contribution in [0.5, 0.6) is 5.75 Å². The number of aromatic nitrogens is 2. The van der Waals surface area contributed by atoms with E-state index in [-0.39, 0.29) is 92.5 Å². The first-order chi connectivity index (χ1) is 34.3. The number of ether oxygens (including phenoxy) is 6. The van der Waals surface area contributed by atoms with E-state index in [2.05, 4.69) is 16.6 Å². The SMILES string of the molecule is C#CCOCCC(=O)N(C)CC(=O)Nc1cc(COC(=O)N[C@H]2CCc3c(C)c(F)cc4nc5c(c2c34)Cn2c-5cc3c(c2=O)COC(=O)[C@]3(O)CC)ccc1O[C@@H]1OC(C(C)=O)[C@@H](C)[C@H](C)C1OC(C)=O. The molecule has 7 atom stereocenters. The monoisotopic (exact) mass is 993 g/mol. The Morgan fingerprint density at radius 1 is 1.08 bits per heavy atom. The number of amides is 3. The Morgan fingerprint density at radius 2 is 1.85 bits per heavy atom. The lowest BCUT2D eigenvalue weighted by molar-refractivity contribution is -0.241. The zero-order valence-corrected chi connectivity index (χ0v) is 41.0. The van der Waals surface area contributed by atoms with E-state index in [4.69, 9.17) is 39.8 Å². The van der Waals surface area contributed by atoms with Crippen LogP contribution in [0.4, 0.5) is 14.9 Å². The van der Waals surface area contributed by atoms with Crippen LogP contribution >= 0.6 is 0 Å². The molecule has 19 nitrogen and oxygen atoms in total. The van der Waals surface area contributed by atoms with Crippen LogP contribution in [-0.2, 0) is 79.4 Å². The Labute approximate surface area is 413 Å². The van der Waals surface area contributed by atoms with Crippen LogP contribution in [0.15, 0.2) is 35.1 Å². The summed E-state index contributed by atoms with van der Waals surface area (Å²) in [6, 6.07) is 6.73. The summed E-state index contributed by atoms with van der Waals surface area (Å²) in [5.74, 6) is -1.61. The predicted molar refractivity (Wildman–Crippen MR) is 254 cm³/mol. The quantitative estimate of drug-likeness (QED) is 0.0554. The number of cyclic esters (lactones) is 1. The van der Waals surface area contributed by atoms with Crippen LogP contribution in [0, 0.1) is 36.9 Å². The lowest BCUT2D eigenvalue weighted by Crippen LogP contribution is -2.55. The molecule has 1 saturated heterocycles. The molecule has 1 aliphatic carbocycles. The van der Waals surface area contributed by atoms with Gasteiger partial charge >= 0.3 is 18.0 Å². The molecule has 4 aromatic rings. The van der Waals surface area contributed by atoms with E-state index < -0.39 is 71.4 Å². The minimum absolute atomic E-state index is 0.0255. The zero-order chi connectivity index (χ0) is 51.9. The number of likely N-dealkylation sites (N-methyl/N-ethyl adjacent to an activating group) is 1. The van der Waals surface area contributed by atoms with Crippen LogP contribution in [0.2, 0.25) is 0 Å². The second kappa shape index (κ2) is 20.5. The molecule has 72 heavy (non-hydrogen) atoms. The van der Waals surface area contributed by atoms with Gasteiger partial charge in [-0.25, -0.2) is 19.0 Å². The standard InChI is InChI=1S/C52H56FN5O14/c1-9-16-67-17-15-42(62)57(8)22-41(61)54-37-18-30(11-14-40(37)71-49-47(70-29(7)60)26(4)25(3)46(72-49)28(6)59)23-69-51(65)56-36-13-12-31-27(5)35(53)20-38-43(31)44(36)32-21-58-39(45(32)55-38)19-34-33(48(58)63)24-68-50(64)52(34,66)10-2/h1,11,14,18-20,25-26,36,46-47,49,66H,10,12-13,15-17,21-24H2,2-8H3,(H,54,61)(H,56,65)/t25-,26-,36-,46?,47?,49+,52-/m0/s1. The summed E-state index contributed by atoms with van der Waals surface area (Å²) < 4.78 is 51.3. The normalized spacial score (nSPS) is 22.6. The minimum atomic E-state index is -2.06. The van der Waals surface area contributed by atoms with Crippen molar-refractivity contribution in [1.29, 1.82) is 0 Å². The molecule has 3 amide bonds. The van der Waals surface area contributed by atoms with Gasteiger partial charge in [0.1, 0.15) is 37.5 Å². The number of halogens is 1. The van der Waals surface area contributed by atoms with Gasteiger partial charge in [0, 0.05) is 42.5 Å². The summed E-state index contributed by atoms with van der Waals surface area (Å²) in [6.07, 6.45) is 1.86. The molecular weight excluding hydrogens is 938 g/mol. The summed E-state index contributed by atoms with van der Waals surface area (Å²) in [5, 5.41) is 17.8. The molecule has 8 rings (SSSR count). The van der Waals surface area contributed by atoms with Crippen molar-refractivity contribution in [1.82, 2.24) is 19.8 Å². The number of nitrogens with one attached hydrogen (secondary N) is 2. The number of esters is 2. The zero-order valence-electron chi connectivity index (χ0n) is 41.0. The maximum Gasteiger partial charge on any atom is 0.407 e. The number of ketones is 1. The van der Waals surface area contributed by atoms with Gasteiger partial charge in [0.05, 0.1) is 60.3 Å². The molecule has 1 fully saturated rings. The summed E-state index contributed by atoms with van der Waals surface area (Å²) in [5.41, 5.74) is 1.49. The second-order valence-corrected chi connectivity index (χ2v) is 18.7. The summed E-state index contributed by atoms with van der Waals surface area (Å²) in [6.45, 7) is 8.59. The van der Waals surface area contributed by atoms with E-state index >= 15 is 4.39 Å². The van der Waals surface area contributed by atoms with E-state index in [1.807, 2.05) is 6.92 Å². The molecule has 2 unspecified atom stereocenters. The fourth-order valence-corrected chi connectivity index (χ4v) is 10.1. The van der Waals surface area contributed by atoms with Crippen LogP contribution in [0.3, 0.4) is 0 Å². The van der Waals surface area contributed by atoms with Crippen molar-refractivity contribution in [2.75, 3.05) is 32.1 Å². The summed E-state index contributed by atoms with van der Waals surface area (Å²) in [4.78, 5) is 98.2. The molecule has 0 radical (unpaired) electrons. The first-order valence-corrected chi connectivity index (χ1v) is 23.7. The van der Waals surface area contributed by atoms with Gasteiger partial charge in [-0.05, 0) is 79.5 Å². The Bertz CT molecular complexity index is 3020. The van der Waals surface area contributed by atoms with Crippen molar-refractivity contribution in [3.63, 3.8) is 0 Å². The topological polar surface area (TPSA) is 240 Å². The van der Waals surface area contributed by atoms with Gasteiger partial charge in [0.15, 0.2) is 17.5 Å². The molecule has 380 valence electrons. The number of nitrogens with zero attached hydrogens (tertiary/aromatic N) is 3. The number of hydrogen-bond donors (Lipinski definition) is 3. The second-order valence-electron chi connectivity index (χ2n) is 18.7. The molecule has 3 aliphatic heterocycles. The molecule has 4 aliphatic rings. The van der Waals surface area contributed by atoms with Crippen LogP contribution in [-0.4, -0.2) is 100 Å². The van der Waals surface area contributed by atoms with Gasteiger partial charge in [0.25, 0.3) is 5.56 Å². The van der Waals surface area contributed by atoms with Gasteiger partial charge in [-0.15, -0.1) is 6.42 Å². The van der Waals surface area contributed by atoms with Gasteiger partial charge in [0.2, 0.25) is 18.1 Å².